The molecule has 0 fully saturated rings. The van der Waals surface area contributed by atoms with Crippen LogP contribution in [0.15, 0.2) is 36.4 Å². The van der Waals surface area contributed by atoms with Crippen LogP contribution in [0.3, 0.4) is 0 Å². The van der Waals surface area contributed by atoms with Gasteiger partial charge in [0.25, 0.3) is 5.91 Å². The summed E-state index contributed by atoms with van der Waals surface area (Å²) in [5.41, 5.74) is 1.11. The van der Waals surface area contributed by atoms with Crippen molar-refractivity contribution in [3.05, 3.63) is 42.0 Å². The van der Waals surface area contributed by atoms with Crippen LogP contribution < -0.4 is 10.1 Å². The molecule has 0 heterocycles. The molecule has 0 amide bonds. The first-order valence-electron chi connectivity index (χ1n) is 7.32. The van der Waals surface area contributed by atoms with E-state index in [0.29, 0.717) is 24.3 Å². The van der Waals surface area contributed by atoms with E-state index in [9.17, 15) is 4.79 Å². The fraction of sp³-hybridized carbons (Fsp3) is 0.471. The van der Waals surface area contributed by atoms with Crippen molar-refractivity contribution in [2.24, 2.45) is 0 Å². The van der Waals surface area contributed by atoms with Gasteiger partial charge in [-0.05, 0) is 25.5 Å². The van der Waals surface area contributed by atoms with E-state index < -0.39 is 5.91 Å². The molecule has 1 aromatic rings. The topological polar surface area (TPSA) is 66.0 Å². The SMILES string of the molecule is C=C(C)C(=O)OCCCNC(OC)(OC)c1ccccc1OC. The molecule has 0 aliphatic heterocycles. The van der Waals surface area contributed by atoms with Gasteiger partial charge in [0.1, 0.15) is 5.75 Å². The quantitative estimate of drug-likeness (QED) is 0.308. The number of para-hydroxylation sites is 1. The Labute approximate surface area is 137 Å². The lowest BCUT2D eigenvalue weighted by atomic mass is 10.1. The summed E-state index contributed by atoms with van der Waals surface area (Å²) >= 11 is 0. The fourth-order valence-corrected chi connectivity index (χ4v) is 2.07. The molecule has 128 valence electrons. The highest BCUT2D eigenvalue weighted by Crippen LogP contribution is 2.31. The van der Waals surface area contributed by atoms with Crippen molar-refractivity contribution in [1.82, 2.24) is 5.32 Å². The van der Waals surface area contributed by atoms with E-state index in [-0.39, 0.29) is 12.6 Å². The van der Waals surface area contributed by atoms with Crippen molar-refractivity contribution in [1.29, 1.82) is 0 Å². The Morgan fingerprint density at radius 3 is 2.43 bits per heavy atom. The minimum Gasteiger partial charge on any atom is -0.496 e. The first kappa shape index (κ1) is 19.2. The van der Waals surface area contributed by atoms with Crippen LogP contribution in [0, 0.1) is 0 Å². The monoisotopic (exact) mass is 323 g/mol. The van der Waals surface area contributed by atoms with Crippen molar-refractivity contribution in [2.75, 3.05) is 34.5 Å². The van der Waals surface area contributed by atoms with E-state index in [1.807, 2.05) is 24.3 Å². The molecule has 23 heavy (non-hydrogen) atoms. The molecular formula is C17H25NO5. The third-order valence-electron chi connectivity index (χ3n) is 3.30. The smallest absolute Gasteiger partial charge is 0.333 e. The van der Waals surface area contributed by atoms with Crippen molar-refractivity contribution in [3.8, 4) is 5.75 Å². The molecule has 0 aliphatic rings. The van der Waals surface area contributed by atoms with Gasteiger partial charge in [-0.15, -0.1) is 0 Å². The largest absolute Gasteiger partial charge is 0.496 e. The Balaban J connectivity index is 2.68. The highest BCUT2D eigenvalue weighted by Gasteiger charge is 2.34. The van der Waals surface area contributed by atoms with Crippen LogP contribution >= 0.6 is 0 Å². The summed E-state index contributed by atoms with van der Waals surface area (Å²) in [5.74, 6) is -0.873. The lowest BCUT2D eigenvalue weighted by Crippen LogP contribution is -2.46. The number of esters is 1. The number of rotatable bonds is 10. The molecule has 0 aliphatic carbocycles. The van der Waals surface area contributed by atoms with E-state index in [2.05, 4.69) is 11.9 Å². The predicted molar refractivity (Wildman–Crippen MR) is 87.1 cm³/mol. The number of methoxy groups -OCH3 is 3. The molecule has 6 nitrogen and oxygen atoms in total. The number of nitrogens with one attached hydrogen (secondary N) is 1. The van der Waals surface area contributed by atoms with E-state index in [1.54, 1.807) is 28.3 Å². The summed E-state index contributed by atoms with van der Waals surface area (Å²) in [6.45, 7) is 5.95. The first-order valence-corrected chi connectivity index (χ1v) is 7.32. The zero-order valence-corrected chi connectivity index (χ0v) is 14.2. The van der Waals surface area contributed by atoms with E-state index in [1.165, 1.54) is 0 Å². The second-order valence-corrected chi connectivity index (χ2v) is 4.92. The van der Waals surface area contributed by atoms with Crippen LogP contribution in [-0.2, 0) is 24.9 Å². The Morgan fingerprint density at radius 1 is 1.22 bits per heavy atom. The Morgan fingerprint density at radius 2 is 1.87 bits per heavy atom. The number of ether oxygens (including phenoxy) is 4. The van der Waals surface area contributed by atoms with Gasteiger partial charge in [0.05, 0.1) is 19.3 Å². The Kier molecular flexibility index (Phi) is 7.74. The van der Waals surface area contributed by atoms with Crippen molar-refractivity contribution < 1.29 is 23.7 Å². The number of carbonyl (C=O) groups is 1. The molecule has 0 atom stereocenters. The molecule has 1 rings (SSSR count). The molecule has 0 radical (unpaired) electrons. The summed E-state index contributed by atoms with van der Waals surface area (Å²) < 4.78 is 21.5. The van der Waals surface area contributed by atoms with E-state index >= 15 is 0 Å². The molecule has 0 unspecified atom stereocenters. The molecule has 0 spiro atoms. The minimum absolute atomic E-state index is 0.286. The minimum atomic E-state index is -1.13. The maximum atomic E-state index is 11.3. The summed E-state index contributed by atoms with van der Waals surface area (Å²) in [6.07, 6.45) is 0.600. The van der Waals surface area contributed by atoms with Gasteiger partial charge >= 0.3 is 5.97 Å². The van der Waals surface area contributed by atoms with Gasteiger partial charge in [0.15, 0.2) is 0 Å². The second kappa shape index (κ2) is 9.29. The molecule has 0 aromatic heterocycles. The maximum Gasteiger partial charge on any atom is 0.333 e. The van der Waals surface area contributed by atoms with Crippen LogP contribution in [-0.4, -0.2) is 40.5 Å². The van der Waals surface area contributed by atoms with Gasteiger partial charge in [0, 0.05) is 26.3 Å². The van der Waals surface area contributed by atoms with Gasteiger partial charge in [-0.1, -0.05) is 18.7 Å². The summed E-state index contributed by atoms with van der Waals surface area (Å²) in [6, 6.07) is 7.44. The van der Waals surface area contributed by atoms with Crippen LogP contribution in [0.4, 0.5) is 0 Å². The van der Waals surface area contributed by atoms with Gasteiger partial charge in [-0.2, -0.15) is 0 Å². The molecule has 1 aromatic carbocycles. The molecule has 0 bridgehead atoms. The van der Waals surface area contributed by atoms with Crippen LogP contribution in [0.5, 0.6) is 5.75 Å². The van der Waals surface area contributed by atoms with Gasteiger partial charge in [0.2, 0.25) is 0 Å². The highest BCUT2D eigenvalue weighted by molar-refractivity contribution is 5.86. The standard InChI is InChI=1S/C17H25NO5/c1-13(2)16(19)23-12-8-11-18-17(21-4,22-5)14-9-6-7-10-15(14)20-3/h6-7,9-10,18H,1,8,11-12H2,2-5H3. The number of carbonyl (C=O) groups excluding carboxylic acids is 1. The lowest BCUT2D eigenvalue weighted by molar-refractivity contribution is -0.238. The maximum absolute atomic E-state index is 11.3. The van der Waals surface area contributed by atoms with E-state index in [4.69, 9.17) is 18.9 Å². The van der Waals surface area contributed by atoms with Crippen molar-refractivity contribution in [3.63, 3.8) is 0 Å². The third kappa shape index (κ3) is 5.06. The van der Waals surface area contributed by atoms with Gasteiger partial charge in [-0.3, -0.25) is 5.32 Å². The molecule has 6 heteroatoms. The van der Waals surface area contributed by atoms with Crippen molar-refractivity contribution in [2.45, 2.75) is 19.3 Å². The van der Waals surface area contributed by atoms with Gasteiger partial charge < -0.3 is 18.9 Å². The summed E-state index contributed by atoms with van der Waals surface area (Å²) in [4.78, 5) is 11.3. The third-order valence-corrected chi connectivity index (χ3v) is 3.30. The van der Waals surface area contributed by atoms with Crippen LogP contribution in [0.1, 0.15) is 18.9 Å². The predicted octanol–water partition coefficient (Wildman–Crippen LogP) is 2.20. The molecule has 0 saturated heterocycles. The lowest BCUT2D eigenvalue weighted by Gasteiger charge is -2.33. The Bertz CT molecular complexity index is 525. The van der Waals surface area contributed by atoms with Gasteiger partial charge in [-0.25, -0.2) is 4.79 Å². The number of hydrogen-bond acceptors (Lipinski definition) is 6. The fourth-order valence-electron chi connectivity index (χ4n) is 2.07. The van der Waals surface area contributed by atoms with Crippen molar-refractivity contribution >= 4 is 5.97 Å². The zero-order chi connectivity index (χ0) is 17.3. The molecular weight excluding hydrogens is 298 g/mol. The number of benzene rings is 1. The highest BCUT2D eigenvalue weighted by atomic mass is 16.7. The zero-order valence-electron chi connectivity index (χ0n) is 14.2. The normalized spacial score (nSPS) is 11.1. The average Bonchev–Trinajstić information content (AvgIpc) is 2.58. The summed E-state index contributed by atoms with van der Waals surface area (Å²) in [7, 11) is 4.68. The Hall–Kier alpha value is -1.89. The summed E-state index contributed by atoms with van der Waals surface area (Å²) in [5, 5.41) is 3.19. The van der Waals surface area contributed by atoms with Crippen LogP contribution in [0.25, 0.3) is 0 Å². The first-order chi connectivity index (χ1) is 11.0. The molecule has 0 saturated carbocycles. The average molecular weight is 323 g/mol. The van der Waals surface area contributed by atoms with Crippen LogP contribution in [0.2, 0.25) is 0 Å². The molecule has 1 N–H and O–H groups in total. The number of hydrogen-bond donors (Lipinski definition) is 1. The van der Waals surface area contributed by atoms with E-state index in [0.717, 1.165) is 5.56 Å². The second-order valence-electron chi connectivity index (χ2n) is 4.92.